The molecule has 4 nitrogen and oxygen atoms in total. The van der Waals surface area contributed by atoms with Crippen LogP contribution in [0.5, 0.6) is 0 Å². The summed E-state index contributed by atoms with van der Waals surface area (Å²) >= 11 is 1.24. The average molecular weight is 242 g/mol. The van der Waals surface area contributed by atoms with E-state index in [1.54, 1.807) is 6.07 Å². The van der Waals surface area contributed by atoms with E-state index in [2.05, 4.69) is 26.1 Å². The lowest BCUT2D eigenvalue weighted by atomic mass is 9.92. The van der Waals surface area contributed by atoms with Crippen molar-refractivity contribution < 1.29 is 4.92 Å². The quantitative estimate of drug-likeness (QED) is 0.490. The highest BCUT2D eigenvalue weighted by Crippen LogP contribution is 2.23. The largest absolute Gasteiger partial charge is 0.324 e. The van der Waals surface area contributed by atoms with Crippen molar-refractivity contribution in [3.63, 3.8) is 0 Å². The Kier molecular flexibility index (Phi) is 4.44. The van der Waals surface area contributed by atoms with E-state index in [4.69, 9.17) is 0 Å². The van der Waals surface area contributed by atoms with Crippen molar-refractivity contribution in [2.45, 2.75) is 33.7 Å². The molecule has 0 saturated heterocycles. The van der Waals surface area contributed by atoms with Gasteiger partial charge in [-0.25, -0.2) is 0 Å². The topological polar surface area (TPSA) is 55.2 Å². The Morgan fingerprint density at radius 1 is 1.44 bits per heavy atom. The molecule has 0 amide bonds. The van der Waals surface area contributed by atoms with Gasteiger partial charge in [0.2, 0.25) is 0 Å². The molecule has 16 heavy (non-hydrogen) atoms. The van der Waals surface area contributed by atoms with Crippen LogP contribution >= 0.6 is 11.3 Å². The lowest BCUT2D eigenvalue weighted by Gasteiger charge is -2.17. The average Bonchev–Trinajstić information content (AvgIpc) is 2.59. The van der Waals surface area contributed by atoms with Gasteiger partial charge in [-0.2, -0.15) is 0 Å². The second kappa shape index (κ2) is 5.41. The first kappa shape index (κ1) is 13.1. The highest BCUT2D eigenvalue weighted by molar-refractivity contribution is 7.15. The molecule has 1 aromatic rings. The monoisotopic (exact) mass is 242 g/mol. The first-order valence-electron chi connectivity index (χ1n) is 5.32. The van der Waals surface area contributed by atoms with Crippen LogP contribution in [-0.4, -0.2) is 11.5 Å². The molecule has 0 bridgehead atoms. The minimum atomic E-state index is -0.344. The lowest BCUT2D eigenvalue weighted by molar-refractivity contribution is -0.380. The lowest BCUT2D eigenvalue weighted by Crippen LogP contribution is -2.19. The van der Waals surface area contributed by atoms with Crippen molar-refractivity contribution in [3.8, 4) is 0 Å². The standard InChI is InChI=1S/C11H18N2O2S/c1-11(2,3)6-7-12-8-9-4-5-10(16-9)13(14)15/h4-5,12H,6-8H2,1-3H3. The molecule has 0 atom stereocenters. The molecule has 5 heteroatoms. The fraction of sp³-hybridized carbons (Fsp3) is 0.636. The Labute approximate surface area is 99.8 Å². The second-order valence-corrected chi connectivity index (χ2v) is 6.13. The van der Waals surface area contributed by atoms with E-state index in [9.17, 15) is 10.1 Å². The van der Waals surface area contributed by atoms with Crippen LogP contribution in [0.25, 0.3) is 0 Å². The number of nitrogens with one attached hydrogen (secondary N) is 1. The molecule has 1 heterocycles. The van der Waals surface area contributed by atoms with Gasteiger partial charge in [-0.3, -0.25) is 10.1 Å². The van der Waals surface area contributed by atoms with Crippen LogP contribution in [0.3, 0.4) is 0 Å². The third-order valence-corrected chi connectivity index (χ3v) is 3.22. The number of thiophene rings is 1. The minimum Gasteiger partial charge on any atom is -0.312 e. The van der Waals surface area contributed by atoms with E-state index in [0.717, 1.165) is 17.8 Å². The molecule has 0 aromatic carbocycles. The van der Waals surface area contributed by atoms with Crippen molar-refractivity contribution in [2.24, 2.45) is 5.41 Å². The summed E-state index contributed by atoms with van der Waals surface area (Å²) in [5.74, 6) is 0. The van der Waals surface area contributed by atoms with Gasteiger partial charge < -0.3 is 5.32 Å². The molecule has 0 radical (unpaired) electrons. The van der Waals surface area contributed by atoms with Gasteiger partial charge in [-0.15, -0.1) is 0 Å². The zero-order valence-corrected chi connectivity index (χ0v) is 10.8. The van der Waals surface area contributed by atoms with E-state index >= 15 is 0 Å². The van der Waals surface area contributed by atoms with Crippen LogP contribution in [0.1, 0.15) is 32.1 Å². The number of hydrogen-bond acceptors (Lipinski definition) is 4. The molecule has 1 N–H and O–H groups in total. The molecule has 0 fully saturated rings. The van der Waals surface area contributed by atoms with E-state index in [1.807, 2.05) is 6.07 Å². The summed E-state index contributed by atoms with van der Waals surface area (Å²) in [5.41, 5.74) is 0.328. The number of hydrogen-bond donors (Lipinski definition) is 1. The molecule has 0 unspecified atom stereocenters. The summed E-state index contributed by atoms with van der Waals surface area (Å²) in [4.78, 5) is 11.1. The third-order valence-electron chi connectivity index (χ3n) is 2.18. The van der Waals surface area contributed by atoms with Gasteiger partial charge in [0, 0.05) is 17.5 Å². The van der Waals surface area contributed by atoms with Gasteiger partial charge in [0.1, 0.15) is 0 Å². The van der Waals surface area contributed by atoms with Crippen molar-refractivity contribution in [1.29, 1.82) is 0 Å². The maximum Gasteiger partial charge on any atom is 0.324 e. The van der Waals surface area contributed by atoms with Crippen molar-refractivity contribution in [2.75, 3.05) is 6.54 Å². The molecule has 0 spiro atoms. The van der Waals surface area contributed by atoms with Crippen LogP contribution < -0.4 is 5.32 Å². The van der Waals surface area contributed by atoms with Crippen molar-refractivity contribution >= 4 is 16.3 Å². The van der Waals surface area contributed by atoms with Crippen LogP contribution in [0.4, 0.5) is 5.00 Å². The fourth-order valence-electron chi connectivity index (χ4n) is 1.23. The molecule has 1 rings (SSSR count). The third kappa shape index (κ3) is 4.72. The van der Waals surface area contributed by atoms with Crippen LogP contribution in [-0.2, 0) is 6.54 Å². The highest BCUT2D eigenvalue weighted by Gasteiger charge is 2.11. The van der Waals surface area contributed by atoms with Gasteiger partial charge in [0.05, 0.1) is 4.92 Å². The molecule has 0 aliphatic rings. The number of rotatable bonds is 5. The highest BCUT2D eigenvalue weighted by atomic mass is 32.1. The van der Waals surface area contributed by atoms with Gasteiger partial charge in [-0.05, 0) is 24.4 Å². The Balaban J connectivity index is 2.30. The summed E-state index contributed by atoms with van der Waals surface area (Å²) in [6.45, 7) is 8.25. The molecule has 0 aliphatic heterocycles. The molecule has 1 aromatic heterocycles. The van der Waals surface area contributed by atoms with E-state index < -0.39 is 0 Å². The summed E-state index contributed by atoms with van der Waals surface area (Å²) in [7, 11) is 0. The molecular weight excluding hydrogens is 224 g/mol. The Hall–Kier alpha value is -0.940. The SMILES string of the molecule is CC(C)(C)CCNCc1ccc([N+](=O)[O-])s1. The van der Waals surface area contributed by atoms with Gasteiger partial charge >= 0.3 is 5.00 Å². The van der Waals surface area contributed by atoms with E-state index in [1.165, 1.54) is 11.3 Å². The fourth-order valence-corrected chi connectivity index (χ4v) is 2.02. The number of nitrogens with zero attached hydrogens (tertiary/aromatic N) is 1. The summed E-state index contributed by atoms with van der Waals surface area (Å²) < 4.78 is 0. The maximum atomic E-state index is 10.5. The Morgan fingerprint density at radius 2 is 2.12 bits per heavy atom. The van der Waals surface area contributed by atoms with E-state index in [0.29, 0.717) is 12.0 Å². The van der Waals surface area contributed by atoms with E-state index in [-0.39, 0.29) is 9.92 Å². The van der Waals surface area contributed by atoms with Crippen molar-refractivity contribution in [1.82, 2.24) is 5.32 Å². The van der Waals surface area contributed by atoms with Gasteiger partial charge in [0.15, 0.2) is 0 Å². The smallest absolute Gasteiger partial charge is 0.312 e. The first-order chi connectivity index (χ1) is 7.38. The first-order valence-corrected chi connectivity index (χ1v) is 6.14. The Bertz CT molecular complexity index is 355. The predicted octanol–water partition coefficient (Wildman–Crippen LogP) is 3.18. The summed E-state index contributed by atoms with van der Waals surface area (Å²) in [6.07, 6.45) is 1.10. The maximum absolute atomic E-state index is 10.5. The predicted molar refractivity (Wildman–Crippen MR) is 66.8 cm³/mol. The van der Waals surface area contributed by atoms with Gasteiger partial charge in [-0.1, -0.05) is 32.1 Å². The zero-order valence-electron chi connectivity index (χ0n) is 9.95. The van der Waals surface area contributed by atoms with Crippen LogP contribution in [0.15, 0.2) is 12.1 Å². The summed E-state index contributed by atoms with van der Waals surface area (Å²) in [5, 5.41) is 14.0. The molecular formula is C11H18N2O2S. The normalized spacial score (nSPS) is 11.7. The molecule has 0 aliphatic carbocycles. The van der Waals surface area contributed by atoms with Crippen LogP contribution in [0, 0.1) is 15.5 Å². The molecule has 0 saturated carbocycles. The number of nitro groups is 1. The van der Waals surface area contributed by atoms with Gasteiger partial charge in [0.25, 0.3) is 0 Å². The summed E-state index contributed by atoms with van der Waals surface area (Å²) in [6, 6.07) is 3.37. The second-order valence-electron chi connectivity index (χ2n) is 4.98. The van der Waals surface area contributed by atoms with Crippen molar-refractivity contribution in [3.05, 3.63) is 27.1 Å². The Morgan fingerprint density at radius 3 is 2.62 bits per heavy atom. The molecule has 90 valence electrons. The van der Waals surface area contributed by atoms with Crippen LogP contribution in [0.2, 0.25) is 0 Å². The zero-order chi connectivity index (χ0) is 12.2. The minimum absolute atomic E-state index is 0.215.